The van der Waals surface area contributed by atoms with Crippen molar-refractivity contribution in [3.8, 4) is 0 Å². The summed E-state index contributed by atoms with van der Waals surface area (Å²) in [6.07, 6.45) is 5.19. The highest BCUT2D eigenvalue weighted by Gasteiger charge is 2.24. The average molecular weight is 211 g/mol. The third-order valence-corrected chi connectivity index (χ3v) is 4.02. The van der Waals surface area contributed by atoms with Crippen molar-refractivity contribution < 1.29 is 0 Å². The topological polar surface area (TPSA) is 43.8 Å². The molecule has 0 bridgehead atoms. The molecule has 0 amide bonds. The fourth-order valence-electron chi connectivity index (χ4n) is 1.80. The molecule has 1 aromatic rings. The highest BCUT2D eigenvalue weighted by atomic mass is 32.2. The number of imidazole rings is 1. The molecule has 0 spiro atoms. The second-order valence-electron chi connectivity index (χ2n) is 3.78. The second kappa shape index (κ2) is 4.36. The molecule has 1 aliphatic heterocycles. The van der Waals surface area contributed by atoms with Crippen LogP contribution in [0.2, 0.25) is 0 Å². The van der Waals surface area contributed by atoms with Gasteiger partial charge in [0.2, 0.25) is 0 Å². The predicted molar refractivity (Wildman–Crippen MR) is 60.3 cm³/mol. The van der Waals surface area contributed by atoms with E-state index >= 15 is 0 Å². The van der Waals surface area contributed by atoms with E-state index < -0.39 is 0 Å². The van der Waals surface area contributed by atoms with Crippen molar-refractivity contribution in [2.45, 2.75) is 25.9 Å². The molecule has 0 aliphatic carbocycles. The Hall–Kier alpha value is -0.480. The van der Waals surface area contributed by atoms with Crippen LogP contribution in [0.15, 0.2) is 12.5 Å². The summed E-state index contributed by atoms with van der Waals surface area (Å²) in [5.74, 6) is 3.08. The zero-order valence-electron chi connectivity index (χ0n) is 8.52. The highest BCUT2D eigenvalue weighted by Crippen LogP contribution is 2.31. The molecule has 1 saturated heterocycles. The minimum absolute atomic E-state index is 0.137. The number of aryl methyl sites for hydroxylation is 1. The Morgan fingerprint density at radius 1 is 1.79 bits per heavy atom. The largest absolute Gasteiger partial charge is 0.337 e. The maximum Gasteiger partial charge on any atom is 0.0950 e. The number of hydrogen-bond donors (Lipinski definition) is 1. The van der Waals surface area contributed by atoms with Crippen molar-refractivity contribution in [1.29, 1.82) is 0 Å². The molecule has 14 heavy (non-hydrogen) atoms. The van der Waals surface area contributed by atoms with Gasteiger partial charge in [-0.1, -0.05) is 0 Å². The second-order valence-corrected chi connectivity index (χ2v) is 4.93. The van der Waals surface area contributed by atoms with Gasteiger partial charge in [-0.25, -0.2) is 4.98 Å². The monoisotopic (exact) mass is 211 g/mol. The van der Waals surface area contributed by atoms with Crippen LogP contribution < -0.4 is 5.73 Å². The minimum Gasteiger partial charge on any atom is -0.337 e. The summed E-state index contributed by atoms with van der Waals surface area (Å²) in [6.45, 7) is 3.08. The van der Waals surface area contributed by atoms with Crippen LogP contribution in [0.5, 0.6) is 0 Å². The third kappa shape index (κ3) is 1.96. The molecule has 0 aromatic carbocycles. The fraction of sp³-hybridized carbons (Fsp3) is 0.700. The van der Waals surface area contributed by atoms with E-state index in [9.17, 15) is 0 Å². The van der Waals surface area contributed by atoms with E-state index in [1.54, 1.807) is 0 Å². The van der Waals surface area contributed by atoms with Crippen LogP contribution in [0.4, 0.5) is 0 Å². The van der Waals surface area contributed by atoms with E-state index in [4.69, 9.17) is 5.73 Å². The van der Waals surface area contributed by atoms with Gasteiger partial charge in [0.15, 0.2) is 0 Å². The lowest BCUT2D eigenvalue weighted by Gasteiger charge is -2.15. The summed E-state index contributed by atoms with van der Waals surface area (Å²) >= 11 is 2.00. The molecule has 2 rings (SSSR count). The van der Waals surface area contributed by atoms with Gasteiger partial charge >= 0.3 is 0 Å². The van der Waals surface area contributed by atoms with Crippen LogP contribution in [0.1, 0.15) is 25.1 Å². The van der Waals surface area contributed by atoms with E-state index in [1.165, 1.54) is 17.9 Å². The van der Waals surface area contributed by atoms with Crippen molar-refractivity contribution in [1.82, 2.24) is 9.55 Å². The molecule has 1 fully saturated rings. The van der Waals surface area contributed by atoms with E-state index in [0.29, 0.717) is 5.92 Å². The van der Waals surface area contributed by atoms with Gasteiger partial charge in [-0.15, -0.1) is 0 Å². The summed E-state index contributed by atoms with van der Waals surface area (Å²) in [6, 6.07) is 0.137. The standard InChI is InChI=1S/C10H17N3S/c1-2-13-5-9(12-7-13)10(11)8-3-4-14-6-8/h5,7-8,10H,2-4,6,11H2,1H3. The SMILES string of the molecule is CCn1cnc(C(N)C2CCSC2)c1. The van der Waals surface area contributed by atoms with Crippen molar-refractivity contribution in [2.24, 2.45) is 11.7 Å². The Bertz CT molecular complexity index is 291. The molecule has 2 heterocycles. The van der Waals surface area contributed by atoms with Crippen LogP contribution in [-0.4, -0.2) is 21.1 Å². The van der Waals surface area contributed by atoms with Crippen molar-refractivity contribution in [3.63, 3.8) is 0 Å². The summed E-state index contributed by atoms with van der Waals surface area (Å²) in [7, 11) is 0. The normalized spacial score (nSPS) is 24.0. The van der Waals surface area contributed by atoms with E-state index in [-0.39, 0.29) is 6.04 Å². The summed E-state index contributed by atoms with van der Waals surface area (Å²) < 4.78 is 2.08. The van der Waals surface area contributed by atoms with Gasteiger partial charge in [0.05, 0.1) is 18.1 Å². The number of rotatable bonds is 3. The Kier molecular flexibility index (Phi) is 3.13. The van der Waals surface area contributed by atoms with Gasteiger partial charge in [0.25, 0.3) is 0 Å². The quantitative estimate of drug-likeness (QED) is 0.827. The first-order valence-electron chi connectivity index (χ1n) is 5.16. The predicted octanol–water partition coefficient (Wildman–Crippen LogP) is 1.66. The lowest BCUT2D eigenvalue weighted by atomic mass is 9.98. The summed E-state index contributed by atoms with van der Waals surface area (Å²) in [5.41, 5.74) is 7.23. The number of hydrogen-bond acceptors (Lipinski definition) is 3. The molecule has 2 N–H and O–H groups in total. The Labute approximate surface area is 89.1 Å². The van der Waals surface area contributed by atoms with Gasteiger partial charge in [-0.05, 0) is 30.8 Å². The molecule has 2 atom stereocenters. The number of nitrogens with two attached hydrogens (primary N) is 1. The maximum absolute atomic E-state index is 6.18. The first-order chi connectivity index (χ1) is 6.81. The minimum atomic E-state index is 0.137. The molecule has 0 radical (unpaired) electrons. The molecule has 1 aromatic heterocycles. The molecule has 0 saturated carbocycles. The van der Waals surface area contributed by atoms with Crippen LogP contribution in [0.25, 0.3) is 0 Å². The van der Waals surface area contributed by atoms with Crippen LogP contribution in [0, 0.1) is 5.92 Å². The average Bonchev–Trinajstić information content (AvgIpc) is 2.88. The van der Waals surface area contributed by atoms with Crippen LogP contribution >= 0.6 is 11.8 Å². The number of nitrogens with zero attached hydrogens (tertiary/aromatic N) is 2. The Morgan fingerprint density at radius 3 is 3.21 bits per heavy atom. The molecule has 2 unspecified atom stereocenters. The van der Waals surface area contributed by atoms with Crippen LogP contribution in [0.3, 0.4) is 0 Å². The highest BCUT2D eigenvalue weighted by molar-refractivity contribution is 7.99. The summed E-state index contributed by atoms with van der Waals surface area (Å²) in [4.78, 5) is 4.36. The van der Waals surface area contributed by atoms with Crippen molar-refractivity contribution >= 4 is 11.8 Å². The Morgan fingerprint density at radius 2 is 2.64 bits per heavy atom. The number of thioether (sulfide) groups is 1. The van der Waals surface area contributed by atoms with Gasteiger partial charge < -0.3 is 10.3 Å². The smallest absolute Gasteiger partial charge is 0.0950 e. The van der Waals surface area contributed by atoms with Gasteiger partial charge in [-0.2, -0.15) is 11.8 Å². The fourth-order valence-corrected chi connectivity index (χ4v) is 3.11. The summed E-state index contributed by atoms with van der Waals surface area (Å²) in [5, 5.41) is 0. The van der Waals surface area contributed by atoms with Gasteiger partial charge in [0, 0.05) is 12.7 Å². The lowest BCUT2D eigenvalue weighted by molar-refractivity contribution is 0.473. The maximum atomic E-state index is 6.18. The molecule has 4 heteroatoms. The van der Waals surface area contributed by atoms with Crippen molar-refractivity contribution in [3.05, 3.63) is 18.2 Å². The Balaban J connectivity index is 2.05. The zero-order valence-corrected chi connectivity index (χ0v) is 9.33. The van der Waals surface area contributed by atoms with E-state index in [2.05, 4.69) is 22.7 Å². The molecule has 3 nitrogen and oxygen atoms in total. The van der Waals surface area contributed by atoms with Gasteiger partial charge in [-0.3, -0.25) is 0 Å². The first-order valence-corrected chi connectivity index (χ1v) is 6.31. The molecular formula is C10H17N3S. The number of aromatic nitrogens is 2. The van der Waals surface area contributed by atoms with Crippen LogP contribution in [-0.2, 0) is 6.54 Å². The molecular weight excluding hydrogens is 194 g/mol. The first kappa shape index (κ1) is 10.1. The zero-order chi connectivity index (χ0) is 9.97. The lowest BCUT2D eigenvalue weighted by Crippen LogP contribution is -2.21. The van der Waals surface area contributed by atoms with Gasteiger partial charge in [0.1, 0.15) is 0 Å². The van der Waals surface area contributed by atoms with E-state index in [0.717, 1.165) is 12.2 Å². The van der Waals surface area contributed by atoms with Crippen molar-refractivity contribution in [2.75, 3.05) is 11.5 Å². The molecule has 78 valence electrons. The van der Waals surface area contributed by atoms with E-state index in [1.807, 2.05) is 18.1 Å². The third-order valence-electron chi connectivity index (χ3n) is 2.83. The molecule has 1 aliphatic rings.